The highest BCUT2D eigenvalue weighted by molar-refractivity contribution is 7.84. The minimum atomic E-state index is -1.01. The molecule has 0 saturated carbocycles. The molecule has 30 heavy (non-hydrogen) atoms. The molecule has 4 rings (SSSR count). The number of nitrogens with one attached hydrogen (secondary N) is 3. The summed E-state index contributed by atoms with van der Waals surface area (Å²) in [6.45, 7) is 0. The van der Waals surface area contributed by atoms with Gasteiger partial charge >= 0.3 is 0 Å². The standard InChI is InChI=1S/C22H22F2N4OS/c1-28-13-20-17(21(28)22(29)26-15-8-10-18(23)19(24)12-15)9-7-16(27-30(20)25)11-14-5-3-2-4-6-14/h2-6,8,10,12-13,16H,7,9,11H2,1H3,(H2,25,27)(H,26,29)/t16-,30?/m1/s1. The lowest BCUT2D eigenvalue weighted by molar-refractivity contribution is 0.101. The zero-order valence-corrected chi connectivity index (χ0v) is 17.2. The maximum atomic E-state index is 13.5. The number of hydrogen-bond donors (Lipinski definition) is 3. The normalized spacial score (nSPS) is 18.5. The van der Waals surface area contributed by atoms with Crippen molar-refractivity contribution in [2.75, 3.05) is 5.32 Å². The molecule has 0 aliphatic carbocycles. The van der Waals surface area contributed by atoms with E-state index in [2.05, 4.69) is 22.2 Å². The number of anilines is 1. The van der Waals surface area contributed by atoms with Crippen LogP contribution < -0.4 is 10.0 Å². The SMILES string of the molecule is Cn1cc2c(c1C(=O)Nc1ccc(F)c(F)c1)CC[C@H](Cc1ccccc1)NS2=N. The predicted molar refractivity (Wildman–Crippen MR) is 113 cm³/mol. The van der Waals surface area contributed by atoms with Crippen LogP contribution in [0.1, 0.15) is 28.0 Å². The van der Waals surface area contributed by atoms with E-state index in [1.165, 1.54) is 11.6 Å². The van der Waals surface area contributed by atoms with Crippen LogP contribution in [0.25, 0.3) is 0 Å². The highest BCUT2D eigenvalue weighted by Gasteiger charge is 2.27. The van der Waals surface area contributed by atoms with Crippen molar-refractivity contribution in [1.29, 1.82) is 4.78 Å². The van der Waals surface area contributed by atoms with Gasteiger partial charge in [0.25, 0.3) is 5.91 Å². The van der Waals surface area contributed by atoms with Gasteiger partial charge in [-0.15, -0.1) is 0 Å². The minimum absolute atomic E-state index is 0.132. The summed E-state index contributed by atoms with van der Waals surface area (Å²) in [6, 6.07) is 13.5. The van der Waals surface area contributed by atoms with Crippen molar-refractivity contribution in [2.24, 2.45) is 7.05 Å². The Morgan fingerprint density at radius 1 is 1.23 bits per heavy atom. The Labute approximate surface area is 176 Å². The first-order valence-corrected chi connectivity index (χ1v) is 10.8. The van der Waals surface area contributed by atoms with E-state index in [1.54, 1.807) is 11.6 Å². The number of benzene rings is 2. The van der Waals surface area contributed by atoms with Gasteiger partial charge in [0.2, 0.25) is 0 Å². The van der Waals surface area contributed by atoms with Gasteiger partial charge in [-0.3, -0.25) is 9.57 Å². The predicted octanol–water partition coefficient (Wildman–Crippen LogP) is 4.36. The number of amides is 1. The molecule has 1 unspecified atom stereocenters. The Morgan fingerprint density at radius 3 is 2.73 bits per heavy atom. The number of rotatable bonds is 4. The minimum Gasteiger partial charge on any atom is -0.345 e. The van der Waals surface area contributed by atoms with Crippen LogP contribution in [0.3, 0.4) is 0 Å². The van der Waals surface area contributed by atoms with Crippen molar-refractivity contribution in [2.45, 2.75) is 30.2 Å². The van der Waals surface area contributed by atoms with Gasteiger partial charge in [0.05, 0.1) is 4.90 Å². The number of halogens is 2. The van der Waals surface area contributed by atoms with E-state index in [9.17, 15) is 13.6 Å². The largest absolute Gasteiger partial charge is 0.345 e. The lowest BCUT2D eigenvalue weighted by atomic mass is 9.99. The Balaban J connectivity index is 1.56. The first-order chi connectivity index (χ1) is 14.4. The third kappa shape index (κ3) is 4.20. The van der Waals surface area contributed by atoms with Crippen molar-refractivity contribution in [3.8, 4) is 0 Å². The third-order valence-corrected chi connectivity index (χ3v) is 6.57. The van der Waals surface area contributed by atoms with Crippen LogP contribution >= 0.6 is 0 Å². The quantitative estimate of drug-likeness (QED) is 0.578. The number of carbonyl (C=O) groups excluding carboxylic acids is 1. The zero-order valence-electron chi connectivity index (χ0n) is 16.4. The van der Waals surface area contributed by atoms with E-state index in [-0.39, 0.29) is 11.7 Å². The summed E-state index contributed by atoms with van der Waals surface area (Å²) in [7, 11) is 0.801. The summed E-state index contributed by atoms with van der Waals surface area (Å²) in [4.78, 5) is 13.7. The van der Waals surface area contributed by atoms with Crippen LogP contribution in [0.4, 0.5) is 14.5 Å². The smallest absolute Gasteiger partial charge is 0.272 e. The first-order valence-electron chi connectivity index (χ1n) is 9.62. The van der Waals surface area contributed by atoms with Gasteiger partial charge < -0.3 is 9.88 Å². The number of fused-ring (bicyclic) bond motifs is 1. The fourth-order valence-electron chi connectivity index (χ4n) is 3.78. The summed E-state index contributed by atoms with van der Waals surface area (Å²) >= 11 is 0. The van der Waals surface area contributed by atoms with Crippen LogP contribution in [0, 0.1) is 16.4 Å². The van der Waals surface area contributed by atoms with Crippen LogP contribution in [0.15, 0.2) is 59.6 Å². The van der Waals surface area contributed by atoms with Crippen molar-refractivity contribution in [3.05, 3.63) is 83.2 Å². The highest BCUT2D eigenvalue weighted by atomic mass is 32.2. The van der Waals surface area contributed by atoms with Gasteiger partial charge in [0, 0.05) is 31.0 Å². The molecule has 0 bridgehead atoms. The van der Waals surface area contributed by atoms with E-state index in [4.69, 9.17) is 4.78 Å². The molecule has 1 amide bonds. The van der Waals surface area contributed by atoms with Crippen LogP contribution in [0.2, 0.25) is 0 Å². The Kier molecular flexibility index (Phi) is 5.78. The molecule has 156 valence electrons. The average Bonchev–Trinajstić information content (AvgIpc) is 2.98. The molecule has 0 spiro atoms. The molecule has 1 aliphatic rings. The molecule has 1 aliphatic heterocycles. The number of nitrogens with zero attached hydrogens (tertiary/aromatic N) is 1. The summed E-state index contributed by atoms with van der Waals surface area (Å²) < 4.78 is 40.3. The lowest BCUT2D eigenvalue weighted by Crippen LogP contribution is -2.31. The first kappa shape index (κ1) is 20.4. The second-order valence-electron chi connectivity index (χ2n) is 7.36. The second kappa shape index (κ2) is 8.49. The van der Waals surface area contributed by atoms with Crippen LogP contribution in [0.5, 0.6) is 0 Å². The van der Waals surface area contributed by atoms with Gasteiger partial charge in [-0.05, 0) is 53.4 Å². The molecule has 8 heteroatoms. The zero-order chi connectivity index (χ0) is 21.3. The molecule has 2 heterocycles. The van der Waals surface area contributed by atoms with Crippen molar-refractivity contribution < 1.29 is 13.6 Å². The van der Waals surface area contributed by atoms with Crippen LogP contribution in [-0.2, 0) is 30.8 Å². The monoisotopic (exact) mass is 428 g/mol. The maximum Gasteiger partial charge on any atom is 0.272 e. The Hall–Kier alpha value is -2.84. The van der Waals surface area contributed by atoms with Gasteiger partial charge in [0.1, 0.15) is 5.69 Å². The molecule has 1 aromatic heterocycles. The highest BCUT2D eigenvalue weighted by Crippen LogP contribution is 2.27. The summed E-state index contributed by atoms with van der Waals surface area (Å²) in [5.41, 5.74) is 2.67. The third-order valence-electron chi connectivity index (χ3n) is 5.21. The fourth-order valence-corrected chi connectivity index (χ4v) is 5.15. The van der Waals surface area contributed by atoms with Crippen LogP contribution in [-0.4, -0.2) is 16.5 Å². The van der Waals surface area contributed by atoms with Gasteiger partial charge in [-0.2, -0.15) is 0 Å². The molecular formula is C22H22F2N4OS. The van der Waals surface area contributed by atoms with Crippen molar-refractivity contribution >= 4 is 22.5 Å². The van der Waals surface area contributed by atoms with Gasteiger partial charge in [-0.1, -0.05) is 30.3 Å². The van der Waals surface area contributed by atoms with Gasteiger partial charge in [0.15, 0.2) is 11.6 Å². The topological polar surface area (TPSA) is 69.9 Å². The summed E-state index contributed by atoms with van der Waals surface area (Å²) in [5.74, 6) is -2.38. The maximum absolute atomic E-state index is 13.5. The Bertz CT molecular complexity index is 1110. The average molecular weight is 429 g/mol. The van der Waals surface area contributed by atoms with E-state index in [0.29, 0.717) is 12.1 Å². The molecule has 2 aromatic carbocycles. The number of hydrogen-bond acceptors (Lipinski definition) is 2. The van der Waals surface area contributed by atoms with Crippen molar-refractivity contribution in [3.63, 3.8) is 0 Å². The Morgan fingerprint density at radius 2 is 2.00 bits per heavy atom. The fraction of sp³-hybridized carbons (Fsp3) is 0.227. The number of aromatic nitrogens is 1. The van der Waals surface area contributed by atoms with Gasteiger partial charge in [-0.25, -0.2) is 13.5 Å². The van der Waals surface area contributed by atoms with Crippen molar-refractivity contribution in [1.82, 2.24) is 9.29 Å². The molecular weight excluding hydrogens is 406 g/mol. The summed E-state index contributed by atoms with van der Waals surface area (Å²) in [6.07, 6.45) is 4.07. The summed E-state index contributed by atoms with van der Waals surface area (Å²) in [5, 5.41) is 2.64. The molecule has 3 aromatic rings. The number of carbonyl (C=O) groups is 1. The van der Waals surface area contributed by atoms with E-state index in [0.717, 1.165) is 35.4 Å². The molecule has 3 N–H and O–H groups in total. The molecule has 0 fully saturated rings. The van der Waals surface area contributed by atoms with E-state index in [1.807, 2.05) is 24.4 Å². The molecule has 0 saturated heterocycles. The molecule has 0 radical (unpaired) electrons. The van der Waals surface area contributed by atoms with E-state index >= 15 is 0 Å². The molecule has 2 atom stereocenters. The lowest BCUT2D eigenvalue weighted by Gasteiger charge is -2.16. The number of aryl methyl sites for hydroxylation is 1. The molecule has 5 nitrogen and oxygen atoms in total. The van der Waals surface area contributed by atoms with E-state index < -0.39 is 28.4 Å². The second-order valence-corrected chi connectivity index (χ2v) is 8.65.